The second kappa shape index (κ2) is 14.0. The summed E-state index contributed by atoms with van der Waals surface area (Å²) in [6, 6.07) is 7.88. The van der Waals surface area contributed by atoms with Crippen LogP contribution in [0.5, 0.6) is 5.75 Å². The van der Waals surface area contributed by atoms with Crippen LogP contribution < -0.4 is 10.5 Å². The molecule has 0 saturated heterocycles. The van der Waals surface area contributed by atoms with Crippen molar-refractivity contribution in [1.29, 1.82) is 0 Å². The van der Waals surface area contributed by atoms with Gasteiger partial charge in [-0.3, -0.25) is 9.59 Å². The summed E-state index contributed by atoms with van der Waals surface area (Å²) in [7, 11) is 0. The Labute approximate surface area is 175 Å². The van der Waals surface area contributed by atoms with Gasteiger partial charge in [-0.25, -0.2) is 0 Å². The molecule has 1 aromatic rings. The molecule has 0 aliphatic heterocycles. The van der Waals surface area contributed by atoms with E-state index in [0.717, 1.165) is 37.0 Å². The molecule has 2 N–H and O–H groups in total. The highest BCUT2D eigenvalue weighted by molar-refractivity contribution is 5.80. The monoisotopic (exact) mass is 407 g/mol. The first-order valence-electron chi connectivity index (χ1n) is 10.7. The van der Waals surface area contributed by atoms with Gasteiger partial charge in [-0.15, -0.1) is 0 Å². The van der Waals surface area contributed by atoms with Gasteiger partial charge in [0.1, 0.15) is 11.3 Å². The molecule has 0 fully saturated rings. The topological polar surface area (TPSA) is 87.9 Å². The molecule has 0 spiro atoms. The van der Waals surface area contributed by atoms with E-state index in [4.69, 9.17) is 19.9 Å². The van der Waals surface area contributed by atoms with Gasteiger partial charge in [-0.2, -0.15) is 0 Å². The predicted molar refractivity (Wildman–Crippen MR) is 114 cm³/mol. The smallest absolute Gasteiger partial charge is 0.326 e. The summed E-state index contributed by atoms with van der Waals surface area (Å²) in [6.45, 7) is 6.85. The third-order valence-corrected chi connectivity index (χ3v) is 4.77. The minimum atomic E-state index is -0.993. The lowest BCUT2D eigenvalue weighted by Gasteiger charge is -2.27. The van der Waals surface area contributed by atoms with Crippen molar-refractivity contribution in [2.75, 3.05) is 19.8 Å². The van der Waals surface area contributed by atoms with Crippen molar-refractivity contribution in [1.82, 2.24) is 0 Å². The van der Waals surface area contributed by atoms with Crippen LogP contribution in [-0.2, 0) is 19.1 Å². The molecule has 1 rings (SSSR count). The number of carbonyl (C=O) groups is 2. The van der Waals surface area contributed by atoms with E-state index in [1.165, 1.54) is 0 Å². The maximum Gasteiger partial charge on any atom is 0.326 e. The predicted octanol–water partition coefficient (Wildman–Crippen LogP) is 4.32. The summed E-state index contributed by atoms with van der Waals surface area (Å²) < 4.78 is 15.9. The molecule has 29 heavy (non-hydrogen) atoms. The lowest BCUT2D eigenvalue weighted by Crippen LogP contribution is -2.49. The molecule has 0 aliphatic rings. The number of nitrogens with two attached hydrogens (primary N) is 1. The number of hydrogen-bond donors (Lipinski definition) is 1. The molecule has 0 aromatic heterocycles. The quantitative estimate of drug-likeness (QED) is 0.344. The summed E-state index contributed by atoms with van der Waals surface area (Å²) in [5.74, 6) is 0.327. The van der Waals surface area contributed by atoms with Crippen LogP contribution in [0.15, 0.2) is 24.3 Å². The van der Waals surface area contributed by atoms with Gasteiger partial charge in [0.05, 0.1) is 19.8 Å². The van der Waals surface area contributed by atoms with Gasteiger partial charge in [0.2, 0.25) is 0 Å². The molecular formula is C23H37NO5. The van der Waals surface area contributed by atoms with Gasteiger partial charge in [0, 0.05) is 6.42 Å². The van der Waals surface area contributed by atoms with Gasteiger partial charge >= 0.3 is 11.9 Å². The Hall–Kier alpha value is -2.08. The van der Waals surface area contributed by atoms with E-state index in [9.17, 15) is 9.59 Å². The highest BCUT2D eigenvalue weighted by Crippen LogP contribution is 2.22. The molecule has 6 nitrogen and oxygen atoms in total. The van der Waals surface area contributed by atoms with Gasteiger partial charge in [0.15, 0.2) is 0 Å². The Morgan fingerprint density at radius 1 is 0.966 bits per heavy atom. The zero-order valence-corrected chi connectivity index (χ0v) is 18.2. The first-order chi connectivity index (χ1) is 13.9. The van der Waals surface area contributed by atoms with Crippen LogP contribution in [0, 0.1) is 6.92 Å². The van der Waals surface area contributed by atoms with Crippen LogP contribution in [0.4, 0.5) is 0 Å². The summed E-state index contributed by atoms with van der Waals surface area (Å²) in [5, 5.41) is 0. The van der Waals surface area contributed by atoms with Crippen molar-refractivity contribution < 1.29 is 23.8 Å². The van der Waals surface area contributed by atoms with Crippen molar-refractivity contribution in [2.24, 2.45) is 5.73 Å². The lowest BCUT2D eigenvalue weighted by molar-refractivity contribution is -0.150. The van der Waals surface area contributed by atoms with E-state index in [0.29, 0.717) is 45.5 Å². The third-order valence-electron chi connectivity index (χ3n) is 4.77. The van der Waals surface area contributed by atoms with E-state index in [2.05, 4.69) is 0 Å². The third kappa shape index (κ3) is 10.3. The first kappa shape index (κ1) is 25.0. The number of unbranched alkanes of at least 4 members (excludes halogenated alkanes) is 3. The van der Waals surface area contributed by atoms with Gasteiger partial charge in [-0.05, 0) is 64.2 Å². The zero-order chi connectivity index (χ0) is 21.5. The molecule has 0 aliphatic carbocycles. The Kier molecular flexibility index (Phi) is 12.0. The normalized spacial score (nSPS) is 12.8. The number of aryl methyl sites for hydroxylation is 1. The fourth-order valence-corrected chi connectivity index (χ4v) is 3.18. The summed E-state index contributed by atoms with van der Waals surface area (Å²) >= 11 is 0. The molecule has 0 heterocycles. The van der Waals surface area contributed by atoms with E-state index >= 15 is 0 Å². The van der Waals surface area contributed by atoms with Crippen molar-refractivity contribution in [3.8, 4) is 5.75 Å². The number of hydrogen-bond acceptors (Lipinski definition) is 6. The largest absolute Gasteiger partial charge is 0.494 e. The summed E-state index contributed by atoms with van der Waals surface area (Å²) in [6.07, 6.45) is 5.63. The fraction of sp³-hybridized carbons (Fsp3) is 0.652. The summed E-state index contributed by atoms with van der Waals surface area (Å²) in [4.78, 5) is 23.8. The minimum absolute atomic E-state index is 0.152. The molecule has 0 radical (unpaired) electrons. The Bertz CT molecular complexity index is 619. The Morgan fingerprint density at radius 3 is 2.34 bits per heavy atom. The minimum Gasteiger partial charge on any atom is -0.494 e. The number of rotatable bonds is 15. The molecule has 6 heteroatoms. The SMILES string of the molecule is CCOC(=O)CCCCCCC(N)(CCCOc1cccc(C)c1)C(=O)OCC. The number of benzene rings is 1. The Morgan fingerprint density at radius 2 is 1.66 bits per heavy atom. The van der Waals surface area contributed by atoms with Gasteiger partial charge in [0.25, 0.3) is 0 Å². The lowest BCUT2D eigenvalue weighted by atomic mass is 9.88. The number of carbonyl (C=O) groups excluding carboxylic acids is 2. The van der Waals surface area contributed by atoms with E-state index in [1.807, 2.05) is 31.2 Å². The average Bonchev–Trinajstić information content (AvgIpc) is 2.68. The second-order valence-electron chi connectivity index (χ2n) is 7.36. The molecule has 1 unspecified atom stereocenters. The fourth-order valence-electron chi connectivity index (χ4n) is 3.18. The van der Waals surface area contributed by atoms with E-state index < -0.39 is 5.54 Å². The summed E-state index contributed by atoms with van der Waals surface area (Å²) in [5.41, 5.74) is 6.58. The molecular weight excluding hydrogens is 370 g/mol. The maximum absolute atomic E-state index is 12.4. The molecule has 0 bridgehead atoms. The van der Waals surface area contributed by atoms with Crippen molar-refractivity contribution >= 4 is 11.9 Å². The molecule has 164 valence electrons. The van der Waals surface area contributed by atoms with E-state index in [-0.39, 0.29) is 11.9 Å². The molecule has 0 saturated carbocycles. The number of esters is 2. The van der Waals surface area contributed by atoms with E-state index in [1.54, 1.807) is 13.8 Å². The highest BCUT2D eigenvalue weighted by atomic mass is 16.5. The van der Waals surface area contributed by atoms with Gasteiger partial charge in [-0.1, -0.05) is 31.4 Å². The number of ether oxygens (including phenoxy) is 3. The highest BCUT2D eigenvalue weighted by Gasteiger charge is 2.34. The van der Waals surface area contributed by atoms with Crippen LogP contribution in [0.1, 0.15) is 70.8 Å². The zero-order valence-electron chi connectivity index (χ0n) is 18.2. The van der Waals surface area contributed by atoms with Crippen molar-refractivity contribution in [3.63, 3.8) is 0 Å². The van der Waals surface area contributed by atoms with Crippen LogP contribution in [0.25, 0.3) is 0 Å². The van der Waals surface area contributed by atoms with Crippen molar-refractivity contribution in [2.45, 2.75) is 77.7 Å². The standard InChI is InChI=1S/C23H37NO5/c1-4-27-21(25)14-8-6-7-9-15-23(24,22(26)28-5-2)16-11-17-29-20-13-10-12-19(3)18-20/h10,12-13,18H,4-9,11,14-17,24H2,1-3H3. The Balaban J connectivity index is 2.38. The van der Waals surface area contributed by atoms with Crippen LogP contribution >= 0.6 is 0 Å². The maximum atomic E-state index is 12.4. The van der Waals surface area contributed by atoms with Crippen LogP contribution in [0.3, 0.4) is 0 Å². The van der Waals surface area contributed by atoms with Crippen LogP contribution in [0.2, 0.25) is 0 Å². The molecule has 1 atom stereocenters. The second-order valence-corrected chi connectivity index (χ2v) is 7.36. The average molecular weight is 408 g/mol. The van der Waals surface area contributed by atoms with Gasteiger partial charge < -0.3 is 19.9 Å². The molecule has 0 amide bonds. The molecule has 1 aromatic carbocycles. The van der Waals surface area contributed by atoms with Crippen LogP contribution in [-0.4, -0.2) is 37.3 Å². The van der Waals surface area contributed by atoms with Crippen molar-refractivity contribution in [3.05, 3.63) is 29.8 Å². The first-order valence-corrected chi connectivity index (χ1v) is 10.7.